The van der Waals surface area contributed by atoms with Crippen molar-refractivity contribution in [1.29, 1.82) is 0 Å². The molecule has 2 aliphatic rings. The van der Waals surface area contributed by atoms with Crippen molar-refractivity contribution in [3.05, 3.63) is 46.9 Å². The van der Waals surface area contributed by atoms with E-state index in [1.54, 1.807) is 16.9 Å². The first-order valence-electron chi connectivity index (χ1n) is 11.0. The summed E-state index contributed by atoms with van der Waals surface area (Å²) in [6.45, 7) is 5.91. The van der Waals surface area contributed by atoms with Crippen LogP contribution < -0.4 is 10.3 Å². The minimum Gasteiger partial charge on any atom is -0.465 e. The summed E-state index contributed by atoms with van der Waals surface area (Å²) in [4.78, 5) is 15.6. The first-order valence-corrected chi connectivity index (χ1v) is 11.0. The molecule has 0 aliphatic carbocycles. The van der Waals surface area contributed by atoms with Crippen molar-refractivity contribution in [2.24, 2.45) is 0 Å². The van der Waals surface area contributed by atoms with Crippen molar-refractivity contribution in [2.75, 3.05) is 32.9 Å². The van der Waals surface area contributed by atoms with E-state index in [0.717, 1.165) is 63.1 Å². The molecule has 2 fully saturated rings. The van der Waals surface area contributed by atoms with Crippen molar-refractivity contribution in [1.82, 2.24) is 14.7 Å². The van der Waals surface area contributed by atoms with Crippen LogP contribution in [-0.2, 0) is 9.47 Å². The molecular weight excluding hydrogens is 382 g/mol. The molecule has 7 heteroatoms. The van der Waals surface area contributed by atoms with Gasteiger partial charge < -0.3 is 14.2 Å². The topological polar surface area (TPSA) is 65.8 Å². The fourth-order valence-corrected chi connectivity index (χ4v) is 4.12. The molecule has 0 radical (unpaired) electrons. The number of morpholine rings is 1. The summed E-state index contributed by atoms with van der Waals surface area (Å²) in [5.41, 5.74) is 1.46. The minimum absolute atomic E-state index is 0.0441. The van der Waals surface area contributed by atoms with Gasteiger partial charge in [-0.15, -0.1) is 0 Å². The summed E-state index contributed by atoms with van der Waals surface area (Å²) in [5, 5.41) is 4.43. The Hall–Kier alpha value is -2.22. The summed E-state index contributed by atoms with van der Waals surface area (Å²) in [6, 6.07) is 9.47. The van der Waals surface area contributed by atoms with E-state index in [9.17, 15) is 4.79 Å². The van der Waals surface area contributed by atoms with Gasteiger partial charge in [-0.25, -0.2) is 4.68 Å². The zero-order valence-corrected chi connectivity index (χ0v) is 17.7. The lowest BCUT2D eigenvalue weighted by Gasteiger charge is -2.34. The minimum atomic E-state index is -0.175. The van der Waals surface area contributed by atoms with Crippen LogP contribution in [0, 0.1) is 0 Å². The van der Waals surface area contributed by atoms with Gasteiger partial charge in [0.25, 0.3) is 5.56 Å². The molecule has 7 nitrogen and oxygen atoms in total. The maximum Gasteiger partial charge on any atom is 0.276 e. The highest BCUT2D eigenvalue weighted by Gasteiger charge is 2.24. The van der Waals surface area contributed by atoms with Gasteiger partial charge in [0.2, 0.25) is 0 Å². The van der Waals surface area contributed by atoms with Gasteiger partial charge in [0.15, 0.2) is 6.29 Å². The van der Waals surface area contributed by atoms with Gasteiger partial charge >= 0.3 is 0 Å². The second-order valence-electron chi connectivity index (χ2n) is 7.85. The molecule has 2 aromatic rings. The van der Waals surface area contributed by atoms with Crippen molar-refractivity contribution in [3.63, 3.8) is 0 Å². The maximum atomic E-state index is 13.3. The number of rotatable bonds is 7. The zero-order chi connectivity index (χ0) is 20.8. The molecule has 3 heterocycles. The molecule has 1 aromatic heterocycles. The normalized spacial score (nSPS) is 21.3. The van der Waals surface area contributed by atoms with Gasteiger partial charge in [-0.05, 0) is 43.0 Å². The third-order valence-corrected chi connectivity index (χ3v) is 5.74. The van der Waals surface area contributed by atoms with E-state index in [1.165, 1.54) is 0 Å². The molecule has 162 valence electrons. The van der Waals surface area contributed by atoms with Gasteiger partial charge in [0.05, 0.1) is 25.4 Å². The van der Waals surface area contributed by atoms with Crippen LogP contribution in [0.3, 0.4) is 0 Å². The number of ether oxygens (including phenoxy) is 3. The number of aromatic nitrogens is 2. The third-order valence-electron chi connectivity index (χ3n) is 5.74. The van der Waals surface area contributed by atoms with E-state index in [0.29, 0.717) is 18.8 Å². The largest absolute Gasteiger partial charge is 0.465 e. The summed E-state index contributed by atoms with van der Waals surface area (Å²) in [7, 11) is 0. The Morgan fingerprint density at radius 2 is 1.93 bits per heavy atom. The second-order valence-corrected chi connectivity index (χ2v) is 7.85. The molecule has 0 N–H and O–H groups in total. The Morgan fingerprint density at radius 1 is 1.13 bits per heavy atom. The smallest absolute Gasteiger partial charge is 0.276 e. The standard InChI is InChI=1S/C23H31N3O4/c1-2-5-21(25-13-16-28-17-14-25)26-23(27)20(11-12-24-26)18-7-9-19(10-8-18)30-22-6-3-4-15-29-22/h7-12,21-22H,2-6,13-17H2,1H3. The third kappa shape index (κ3) is 4.91. The zero-order valence-electron chi connectivity index (χ0n) is 17.7. The Labute approximate surface area is 177 Å². The van der Waals surface area contributed by atoms with Crippen molar-refractivity contribution in [3.8, 4) is 16.9 Å². The van der Waals surface area contributed by atoms with Crippen molar-refractivity contribution in [2.45, 2.75) is 51.5 Å². The Bertz CT molecular complexity index is 855. The molecule has 0 amide bonds. The van der Waals surface area contributed by atoms with Crippen LogP contribution >= 0.6 is 0 Å². The average molecular weight is 414 g/mol. The predicted molar refractivity (Wildman–Crippen MR) is 114 cm³/mol. The van der Waals surface area contributed by atoms with Crippen LogP contribution in [0.15, 0.2) is 41.3 Å². The molecule has 30 heavy (non-hydrogen) atoms. The van der Waals surface area contributed by atoms with E-state index in [-0.39, 0.29) is 18.0 Å². The highest BCUT2D eigenvalue weighted by Crippen LogP contribution is 2.24. The van der Waals surface area contributed by atoms with E-state index in [1.807, 2.05) is 24.3 Å². The number of benzene rings is 1. The molecule has 2 aliphatic heterocycles. The summed E-state index contributed by atoms with van der Waals surface area (Å²) < 4.78 is 18.7. The first kappa shape index (κ1) is 21.0. The number of nitrogens with zero attached hydrogens (tertiary/aromatic N) is 3. The van der Waals surface area contributed by atoms with Crippen molar-refractivity contribution < 1.29 is 14.2 Å². The molecule has 0 bridgehead atoms. The van der Waals surface area contributed by atoms with Crippen LogP contribution in [0.25, 0.3) is 11.1 Å². The monoisotopic (exact) mass is 413 g/mol. The SMILES string of the molecule is CCCC(N1CCOCC1)n1nccc(-c2ccc(OC3CCCCO3)cc2)c1=O. The molecule has 4 rings (SSSR count). The van der Waals surface area contributed by atoms with Gasteiger partial charge in [-0.2, -0.15) is 5.10 Å². The lowest BCUT2D eigenvalue weighted by atomic mass is 10.1. The molecule has 1 aromatic carbocycles. The van der Waals surface area contributed by atoms with Crippen LogP contribution in [0.1, 0.15) is 45.2 Å². The molecule has 0 spiro atoms. The van der Waals surface area contributed by atoms with Gasteiger partial charge in [0.1, 0.15) is 11.9 Å². The van der Waals surface area contributed by atoms with Gasteiger partial charge in [-0.3, -0.25) is 9.69 Å². The first-order chi connectivity index (χ1) is 14.8. The highest BCUT2D eigenvalue weighted by atomic mass is 16.7. The van der Waals surface area contributed by atoms with Crippen molar-refractivity contribution >= 4 is 0 Å². The second kappa shape index (κ2) is 10.2. The van der Waals surface area contributed by atoms with E-state index < -0.39 is 0 Å². The molecule has 2 atom stereocenters. The molecule has 0 saturated carbocycles. The van der Waals surface area contributed by atoms with E-state index >= 15 is 0 Å². The number of hydrogen-bond acceptors (Lipinski definition) is 6. The van der Waals surface area contributed by atoms with Crippen LogP contribution in [0.5, 0.6) is 5.75 Å². The Kier molecular flexibility index (Phi) is 7.15. The van der Waals surface area contributed by atoms with Crippen LogP contribution in [-0.4, -0.2) is 53.9 Å². The van der Waals surface area contributed by atoms with E-state index in [2.05, 4.69) is 16.9 Å². The Balaban J connectivity index is 1.55. The summed E-state index contributed by atoms with van der Waals surface area (Å²) >= 11 is 0. The Morgan fingerprint density at radius 3 is 2.63 bits per heavy atom. The maximum absolute atomic E-state index is 13.3. The van der Waals surface area contributed by atoms with Crippen LogP contribution in [0.4, 0.5) is 0 Å². The van der Waals surface area contributed by atoms with Gasteiger partial charge in [-0.1, -0.05) is 25.5 Å². The quantitative estimate of drug-likeness (QED) is 0.693. The summed E-state index contributed by atoms with van der Waals surface area (Å²) in [5.74, 6) is 0.761. The molecular formula is C23H31N3O4. The van der Waals surface area contributed by atoms with Gasteiger partial charge in [0, 0.05) is 25.7 Å². The molecule has 2 unspecified atom stereocenters. The highest BCUT2D eigenvalue weighted by molar-refractivity contribution is 5.62. The lowest BCUT2D eigenvalue weighted by Crippen LogP contribution is -2.45. The summed E-state index contributed by atoms with van der Waals surface area (Å²) in [6.07, 6.45) is 6.50. The van der Waals surface area contributed by atoms with E-state index in [4.69, 9.17) is 14.2 Å². The fourth-order valence-electron chi connectivity index (χ4n) is 4.12. The lowest BCUT2D eigenvalue weighted by molar-refractivity contribution is -0.105. The predicted octanol–water partition coefficient (Wildman–Crippen LogP) is 3.45. The number of hydrogen-bond donors (Lipinski definition) is 0. The van der Waals surface area contributed by atoms with Crippen LogP contribution in [0.2, 0.25) is 0 Å². The fraction of sp³-hybridized carbons (Fsp3) is 0.565. The average Bonchev–Trinajstić information content (AvgIpc) is 2.80. The molecule has 2 saturated heterocycles.